The molecule has 9 heteroatoms. The lowest BCUT2D eigenvalue weighted by Gasteiger charge is -2.17. The average Bonchev–Trinajstić information content (AvgIpc) is 3.45. The fraction of sp³-hybridized carbons (Fsp3) is 0.0857. The molecule has 0 radical (unpaired) electrons. The number of carbonyl (C=O) groups excluding carboxylic acids is 3. The number of nitrogens with one attached hydrogen (secondary N) is 3. The van der Waals surface area contributed by atoms with Crippen LogP contribution in [0.15, 0.2) is 125 Å². The lowest BCUT2D eigenvalue weighted by atomic mass is 10.1. The quantitative estimate of drug-likeness (QED) is 0.110. The lowest BCUT2D eigenvalue weighted by molar-refractivity contribution is -0.116. The van der Waals surface area contributed by atoms with Gasteiger partial charge in [0, 0.05) is 21.5 Å². The highest BCUT2D eigenvalue weighted by Crippen LogP contribution is 2.37. The number of benzene rings is 4. The van der Waals surface area contributed by atoms with Crippen LogP contribution in [0, 0.1) is 13.8 Å². The second kappa shape index (κ2) is 14.5. The number of nitrogens with zero attached hydrogens (tertiary/aromatic N) is 1. The summed E-state index contributed by atoms with van der Waals surface area (Å²) in [5, 5.41) is 10.5. The first-order valence-electron chi connectivity index (χ1n) is 13.8. The molecule has 1 aromatic heterocycles. The number of hydrogen-bond acceptors (Lipinski definition) is 6. The number of aryl methyl sites for hydroxylation is 2. The number of aromatic nitrogens is 1. The van der Waals surface area contributed by atoms with E-state index >= 15 is 0 Å². The van der Waals surface area contributed by atoms with Crippen LogP contribution in [-0.2, 0) is 9.59 Å². The summed E-state index contributed by atoms with van der Waals surface area (Å²) in [6.45, 7) is 3.85. The summed E-state index contributed by atoms with van der Waals surface area (Å²) in [4.78, 5) is 44.9. The Bertz CT molecular complexity index is 1790. The van der Waals surface area contributed by atoms with E-state index in [-0.39, 0.29) is 17.5 Å². The Kier molecular flexibility index (Phi) is 10.0. The molecule has 0 aliphatic carbocycles. The molecule has 44 heavy (non-hydrogen) atoms. The third-order valence-corrected chi connectivity index (χ3v) is 8.58. The van der Waals surface area contributed by atoms with E-state index in [1.54, 1.807) is 42.5 Å². The fourth-order valence-corrected chi connectivity index (χ4v) is 6.02. The SMILES string of the molecule is Cc1cccc(/C=C(\NC(=O)c2ccccc2)C(=O)Nc2ccc(SC(C(=O)Nc3nc(C)cs3)c3ccccc3)cc2)c1. The molecule has 0 bridgehead atoms. The van der Waals surface area contributed by atoms with Crippen molar-refractivity contribution >= 4 is 57.7 Å². The van der Waals surface area contributed by atoms with Gasteiger partial charge in [0.25, 0.3) is 11.8 Å². The molecule has 3 amide bonds. The number of rotatable bonds is 10. The first-order chi connectivity index (χ1) is 21.3. The number of carbonyl (C=O) groups is 3. The average molecular weight is 619 g/mol. The van der Waals surface area contributed by atoms with E-state index < -0.39 is 11.2 Å². The van der Waals surface area contributed by atoms with Crippen molar-refractivity contribution in [2.24, 2.45) is 0 Å². The predicted molar refractivity (Wildman–Crippen MR) is 179 cm³/mol. The normalized spacial score (nSPS) is 11.8. The molecule has 220 valence electrons. The van der Waals surface area contributed by atoms with Crippen molar-refractivity contribution in [1.29, 1.82) is 0 Å². The summed E-state index contributed by atoms with van der Waals surface area (Å²) in [7, 11) is 0. The van der Waals surface area contributed by atoms with Crippen molar-refractivity contribution in [3.63, 3.8) is 0 Å². The Morgan fingerprint density at radius 1 is 0.818 bits per heavy atom. The van der Waals surface area contributed by atoms with Gasteiger partial charge in [0.15, 0.2) is 5.13 Å². The van der Waals surface area contributed by atoms with Gasteiger partial charge in [-0.15, -0.1) is 23.1 Å². The minimum absolute atomic E-state index is 0.112. The second-order valence-corrected chi connectivity index (χ2v) is 12.0. The smallest absolute Gasteiger partial charge is 0.272 e. The number of thioether (sulfide) groups is 1. The van der Waals surface area contributed by atoms with Crippen LogP contribution >= 0.6 is 23.1 Å². The Morgan fingerprint density at radius 3 is 2.18 bits per heavy atom. The summed E-state index contributed by atoms with van der Waals surface area (Å²) < 4.78 is 0. The summed E-state index contributed by atoms with van der Waals surface area (Å²) in [5.41, 5.74) is 4.63. The minimum atomic E-state index is -0.516. The molecule has 1 atom stereocenters. The van der Waals surface area contributed by atoms with Crippen LogP contribution < -0.4 is 16.0 Å². The maximum absolute atomic E-state index is 13.4. The fourth-order valence-electron chi connectivity index (χ4n) is 4.30. The molecule has 1 heterocycles. The molecular formula is C35H30N4O3S2. The van der Waals surface area contributed by atoms with E-state index in [0.29, 0.717) is 16.4 Å². The van der Waals surface area contributed by atoms with E-state index in [2.05, 4.69) is 20.9 Å². The topological polar surface area (TPSA) is 100 Å². The molecule has 0 spiro atoms. The van der Waals surface area contributed by atoms with Crippen molar-refractivity contribution in [3.8, 4) is 0 Å². The molecule has 1 unspecified atom stereocenters. The molecule has 0 aliphatic heterocycles. The van der Waals surface area contributed by atoms with Gasteiger partial charge in [-0.2, -0.15) is 0 Å². The van der Waals surface area contributed by atoms with Crippen molar-refractivity contribution in [3.05, 3.63) is 148 Å². The van der Waals surface area contributed by atoms with Crippen molar-refractivity contribution in [1.82, 2.24) is 10.3 Å². The first kappa shape index (κ1) is 30.5. The van der Waals surface area contributed by atoms with Gasteiger partial charge in [0.05, 0.1) is 5.69 Å². The van der Waals surface area contributed by atoms with Crippen molar-refractivity contribution < 1.29 is 14.4 Å². The highest BCUT2D eigenvalue weighted by Gasteiger charge is 2.23. The molecule has 5 aromatic rings. The molecule has 4 aromatic carbocycles. The molecule has 0 saturated carbocycles. The van der Waals surface area contributed by atoms with Crippen molar-refractivity contribution in [2.45, 2.75) is 24.0 Å². The van der Waals surface area contributed by atoms with Crippen LogP contribution in [0.3, 0.4) is 0 Å². The second-order valence-electron chi connectivity index (χ2n) is 9.96. The Morgan fingerprint density at radius 2 is 1.52 bits per heavy atom. The van der Waals surface area contributed by atoms with Crippen LogP contribution in [0.25, 0.3) is 6.08 Å². The van der Waals surface area contributed by atoms with Crippen LogP contribution in [0.4, 0.5) is 10.8 Å². The molecule has 3 N–H and O–H groups in total. The van der Waals surface area contributed by atoms with E-state index in [9.17, 15) is 14.4 Å². The van der Waals surface area contributed by atoms with E-state index in [4.69, 9.17) is 0 Å². The van der Waals surface area contributed by atoms with Crippen LogP contribution in [0.5, 0.6) is 0 Å². The maximum Gasteiger partial charge on any atom is 0.272 e. The third kappa shape index (κ3) is 8.31. The Labute approximate surface area is 264 Å². The van der Waals surface area contributed by atoms with Gasteiger partial charge < -0.3 is 16.0 Å². The third-order valence-electron chi connectivity index (χ3n) is 6.44. The molecular weight excluding hydrogens is 589 g/mol. The van der Waals surface area contributed by atoms with Gasteiger partial charge in [-0.05, 0) is 67.4 Å². The van der Waals surface area contributed by atoms with Gasteiger partial charge in [-0.25, -0.2) is 4.98 Å². The largest absolute Gasteiger partial charge is 0.321 e. The van der Waals surface area contributed by atoms with Gasteiger partial charge in [-0.3, -0.25) is 14.4 Å². The van der Waals surface area contributed by atoms with Crippen molar-refractivity contribution in [2.75, 3.05) is 10.6 Å². The predicted octanol–water partition coefficient (Wildman–Crippen LogP) is 7.64. The summed E-state index contributed by atoms with van der Waals surface area (Å²) in [6.07, 6.45) is 1.65. The van der Waals surface area contributed by atoms with Crippen LogP contribution in [-0.4, -0.2) is 22.7 Å². The molecule has 0 fully saturated rings. The Balaban J connectivity index is 1.32. The van der Waals surface area contributed by atoms with E-state index in [1.807, 2.05) is 92.0 Å². The summed E-state index contributed by atoms with van der Waals surface area (Å²) in [6, 6.07) is 33.2. The van der Waals surface area contributed by atoms with Gasteiger partial charge in [0.2, 0.25) is 5.91 Å². The number of anilines is 2. The molecule has 0 aliphatic rings. The minimum Gasteiger partial charge on any atom is -0.321 e. The van der Waals surface area contributed by atoms with E-state index in [0.717, 1.165) is 27.3 Å². The Hall–Kier alpha value is -4.99. The zero-order chi connectivity index (χ0) is 30.9. The zero-order valence-corrected chi connectivity index (χ0v) is 25.7. The first-order valence-corrected chi connectivity index (χ1v) is 15.6. The lowest BCUT2D eigenvalue weighted by Crippen LogP contribution is -2.30. The van der Waals surface area contributed by atoms with Gasteiger partial charge in [0.1, 0.15) is 10.9 Å². The van der Waals surface area contributed by atoms with Gasteiger partial charge >= 0.3 is 0 Å². The molecule has 5 rings (SSSR count). The highest BCUT2D eigenvalue weighted by molar-refractivity contribution is 8.00. The van der Waals surface area contributed by atoms with Crippen LogP contribution in [0.2, 0.25) is 0 Å². The summed E-state index contributed by atoms with van der Waals surface area (Å²) in [5.74, 6) is -1.02. The zero-order valence-electron chi connectivity index (χ0n) is 24.1. The standard InChI is InChI=1S/C35H30N4O3S2/c1-23-10-9-11-25(20-23)21-30(38-32(40)27-14-7-4-8-15-27)33(41)37-28-16-18-29(19-17-28)44-31(26-12-5-3-6-13-26)34(42)39-35-36-24(2)22-43-35/h3-22,31H,1-2H3,(H,37,41)(H,38,40)(H,36,39,42)/b30-21-. The number of hydrogen-bond donors (Lipinski definition) is 3. The highest BCUT2D eigenvalue weighted by atomic mass is 32.2. The summed E-state index contributed by atoms with van der Waals surface area (Å²) >= 11 is 2.79. The van der Waals surface area contributed by atoms with Crippen LogP contribution in [0.1, 0.15) is 38.0 Å². The van der Waals surface area contributed by atoms with E-state index in [1.165, 1.54) is 23.1 Å². The maximum atomic E-state index is 13.4. The van der Waals surface area contributed by atoms with Gasteiger partial charge in [-0.1, -0.05) is 78.4 Å². The molecule has 7 nitrogen and oxygen atoms in total. The number of amides is 3. The number of thiazole rings is 1. The monoisotopic (exact) mass is 618 g/mol. The molecule has 0 saturated heterocycles.